The van der Waals surface area contributed by atoms with Crippen molar-refractivity contribution in [3.05, 3.63) is 129 Å². The number of sulfonamides is 2. The fourth-order valence-electron chi connectivity index (χ4n) is 21.9. The van der Waals surface area contributed by atoms with E-state index in [4.69, 9.17) is 32.7 Å². The van der Waals surface area contributed by atoms with Gasteiger partial charge in [-0.2, -0.15) is 0 Å². The Balaban J connectivity index is 0.000000178. The van der Waals surface area contributed by atoms with Gasteiger partial charge in [0.05, 0.1) is 46.3 Å². The van der Waals surface area contributed by atoms with Gasteiger partial charge in [0.2, 0.25) is 26.0 Å². The van der Waals surface area contributed by atoms with E-state index in [2.05, 4.69) is 74.6 Å². The SMILES string of the molecule is C=CC(=O)N1CCN2CCN(C[C@@]3(O)CCC[C@H](C)[C@@H](C)S(=O)(=O)NC(=O)c4ccc5c(c4)N(C[C@@H]4CC[C@H]43)C[C@@]3(CCCc4cc(Cl)ccc43)CO5)C[C@@H]2C1.CC(=O)CCN1CCN2CCN(CC3(O)CCC[C@H](C)[C@@H](C)S(=O)(=O)NC(=O)c4ccc5c(c4)N(C[C@@H]4CC[C@H]43)C[C@@]3(CCCc4cc(Cl)ccc43)CO5)C[C@H]2C1. The van der Waals surface area contributed by atoms with Crippen molar-refractivity contribution in [3.63, 3.8) is 0 Å². The fraction of sp³-hybridized carbons (Fsp3) is 0.655. The summed E-state index contributed by atoms with van der Waals surface area (Å²) in [5.74, 6) is 0.399. The number of aliphatic hydroxyl groups is 2. The van der Waals surface area contributed by atoms with Gasteiger partial charge in [0.25, 0.3) is 11.8 Å². The van der Waals surface area contributed by atoms with Crippen LogP contribution >= 0.6 is 23.2 Å². The highest BCUT2D eigenvalue weighted by atomic mass is 35.5. The molecule has 6 fully saturated rings. The maximum Gasteiger partial charge on any atom is 0.264 e. The van der Waals surface area contributed by atoms with Gasteiger partial charge in [-0.25, -0.2) is 26.3 Å². The molecule has 1 unspecified atom stereocenters. The van der Waals surface area contributed by atoms with E-state index in [-0.39, 0.29) is 75.2 Å². The van der Waals surface area contributed by atoms with Gasteiger partial charge in [-0.1, -0.05) is 68.6 Å². The lowest BCUT2D eigenvalue weighted by Crippen LogP contribution is -2.65. The minimum Gasteiger partial charge on any atom is -0.490 e. The molecule has 16 rings (SSSR count). The smallest absolute Gasteiger partial charge is 0.264 e. The zero-order valence-corrected chi connectivity index (χ0v) is 70.1. The van der Waals surface area contributed by atoms with Crippen LogP contribution in [0.2, 0.25) is 10.0 Å². The van der Waals surface area contributed by atoms with E-state index in [1.54, 1.807) is 39.0 Å². The molecule has 2 saturated carbocycles. The fourth-order valence-corrected chi connectivity index (χ4v) is 25.0. The highest BCUT2D eigenvalue weighted by Crippen LogP contribution is 2.53. The molecule has 4 aromatic carbocycles. The zero-order valence-electron chi connectivity index (χ0n) is 67.0. The van der Waals surface area contributed by atoms with E-state index in [1.165, 1.54) is 28.3 Å². The molecular weight excluding hydrogens is 1510 g/mol. The number of rotatable bonds is 8. The van der Waals surface area contributed by atoms with Crippen LogP contribution in [0.3, 0.4) is 0 Å². The molecule has 4 N–H and O–H groups in total. The summed E-state index contributed by atoms with van der Waals surface area (Å²) in [5, 5.41) is 26.0. The topological polar surface area (TPSA) is 245 Å². The zero-order chi connectivity index (χ0) is 79.5. The molecule has 113 heavy (non-hydrogen) atoms. The lowest BCUT2D eigenvalue weighted by atomic mass is 9.62. The number of anilines is 2. The summed E-state index contributed by atoms with van der Waals surface area (Å²) in [6, 6.07) is 23.6. The lowest BCUT2D eigenvalue weighted by molar-refractivity contribution is -0.132. The number of fused-ring (bicyclic) bond motifs is 10. The monoisotopic (exact) mass is 1630 g/mol. The van der Waals surface area contributed by atoms with Crippen molar-refractivity contribution >= 4 is 78.1 Å². The molecule has 4 aromatic rings. The maximum atomic E-state index is 13.7. The average Bonchev–Trinajstić information content (AvgIpc) is 1.69. The van der Waals surface area contributed by atoms with Crippen molar-refractivity contribution in [1.82, 2.24) is 38.8 Å². The normalized spacial score (nSPS) is 33.8. The van der Waals surface area contributed by atoms with E-state index >= 15 is 0 Å². The number of amides is 3. The Morgan fingerprint density at radius 1 is 0.549 bits per heavy atom. The van der Waals surface area contributed by atoms with Crippen molar-refractivity contribution in [2.24, 2.45) is 35.5 Å². The van der Waals surface area contributed by atoms with Crippen molar-refractivity contribution in [2.45, 2.75) is 188 Å². The number of benzene rings is 4. The quantitative estimate of drug-likeness (QED) is 0.120. The summed E-state index contributed by atoms with van der Waals surface area (Å²) in [6.07, 6.45) is 15.4. The second kappa shape index (κ2) is 33.5. The maximum absolute atomic E-state index is 13.7. The number of halogens is 2. The summed E-state index contributed by atoms with van der Waals surface area (Å²) in [4.78, 5) is 70.7. The number of piperazine rings is 4. The number of Topliss-reactive ketones (excluding diaryl/α,β-unsaturated/α-hetero) is 1. The third-order valence-electron chi connectivity index (χ3n) is 29.2. The molecule has 8 aliphatic heterocycles. The Kier molecular flexibility index (Phi) is 24.4. The van der Waals surface area contributed by atoms with Gasteiger partial charge in [0, 0.05) is 175 Å². The minimum absolute atomic E-state index is 0.0323. The van der Waals surface area contributed by atoms with Crippen molar-refractivity contribution in [3.8, 4) is 11.5 Å². The number of hydrogen-bond donors (Lipinski definition) is 4. The third-order valence-corrected chi connectivity index (χ3v) is 33.5. The Morgan fingerprint density at radius 3 is 1.43 bits per heavy atom. The van der Waals surface area contributed by atoms with Gasteiger partial charge in [0.15, 0.2) is 0 Å². The van der Waals surface area contributed by atoms with Crippen LogP contribution in [0, 0.1) is 35.5 Å². The minimum atomic E-state index is -3.99. The molecule has 616 valence electrons. The molecule has 8 heterocycles. The number of ketones is 1. The number of nitrogens with one attached hydrogen (secondary N) is 2. The van der Waals surface area contributed by atoms with Crippen LogP contribution in [0.1, 0.15) is 174 Å². The molecule has 0 aromatic heterocycles. The molecule has 3 amide bonds. The largest absolute Gasteiger partial charge is 0.490 e. The first-order valence-electron chi connectivity index (χ1n) is 42.2. The van der Waals surface area contributed by atoms with Crippen LogP contribution < -0.4 is 28.7 Å². The van der Waals surface area contributed by atoms with Crippen molar-refractivity contribution < 1.29 is 55.7 Å². The first-order chi connectivity index (χ1) is 54.0. The number of carbonyl (C=O) groups is 4. The first-order valence-corrected chi connectivity index (χ1v) is 46.1. The van der Waals surface area contributed by atoms with Gasteiger partial charge >= 0.3 is 0 Å². The van der Waals surface area contributed by atoms with Crippen molar-refractivity contribution in [1.29, 1.82) is 0 Å². The summed E-state index contributed by atoms with van der Waals surface area (Å²) in [5.41, 5.74) is 4.59. The second-order valence-electron chi connectivity index (χ2n) is 36.4. The van der Waals surface area contributed by atoms with E-state index in [1.807, 2.05) is 49.1 Å². The van der Waals surface area contributed by atoms with Crippen LogP contribution in [0.5, 0.6) is 11.5 Å². The number of aryl methyl sites for hydroxylation is 2. The third kappa shape index (κ3) is 17.4. The number of nitrogens with zero attached hydrogens (tertiary/aromatic N) is 8. The van der Waals surface area contributed by atoms with Crippen LogP contribution in [0.15, 0.2) is 85.5 Å². The Labute approximate surface area is 680 Å². The molecule has 0 radical (unpaired) electrons. The summed E-state index contributed by atoms with van der Waals surface area (Å²) in [7, 11) is -7.96. The molecule has 22 nitrogen and oxygen atoms in total. The number of carbonyl (C=O) groups excluding carboxylic acids is 4. The molecule has 26 heteroatoms. The highest BCUT2D eigenvalue weighted by Gasteiger charge is 2.53. The van der Waals surface area contributed by atoms with E-state index in [0.29, 0.717) is 128 Å². The van der Waals surface area contributed by atoms with E-state index in [0.717, 1.165) is 158 Å². The lowest BCUT2D eigenvalue weighted by Gasteiger charge is -2.53. The van der Waals surface area contributed by atoms with Crippen molar-refractivity contribution in [2.75, 3.05) is 147 Å². The molecular formula is C87H120Cl2N10O12S2. The molecule has 2 spiro atoms. The molecule has 4 bridgehead atoms. The van der Waals surface area contributed by atoms with Gasteiger partial charge < -0.3 is 39.3 Å². The standard InChI is InChI=1S/C44H62ClN5O6S.C43H58ClN5O6S/c1-30-6-4-16-44(53,28-48-19-21-49-20-18-47(17-14-31(2)51)25-37(49)26-48)39-11-8-35(39)24-50-27-43(15-5-7-33-22-36(45)10-12-38(33)43)29-56-41-13-9-34(23-40(41)50)42(52)46-57(54,55)32(30)3;1-4-40(50)48-20-19-47-18-17-46(24-35(47)25-48)27-43(52)16-5-7-29(2)30(3)56(53,54)45-41(51)32-10-14-39-38(22-32)49(23-33-9-12-37(33)43)26-42(28-55-39)15-6-8-31-21-34(44)11-13-36(31)42/h9-10,12-13,22-23,30,32,35,37,39,53H,4-8,11,14-21,24-29H2,1-3H3,(H,46,52);4,10-11,13-14,21-22,29-30,33,35,37,52H,1,5-9,12,15-20,23-28H2,2-3H3,(H,45,51)/t30-,32+,35-,37+,39+,43-,44?;29-,30+,33-,35+,37+,42-,43-/m00/s1. The van der Waals surface area contributed by atoms with Gasteiger partial charge in [-0.15, -0.1) is 0 Å². The summed E-state index contributed by atoms with van der Waals surface area (Å²) < 4.78 is 72.8. The molecule has 4 saturated heterocycles. The summed E-state index contributed by atoms with van der Waals surface area (Å²) >= 11 is 13.0. The Bertz CT molecular complexity index is 4460. The summed E-state index contributed by atoms with van der Waals surface area (Å²) in [6.45, 7) is 28.6. The number of β-amino-alcohol motifs (C(OH)–C–C–N with tert-alkyl or cyclic N) is 2. The number of ether oxygens (including phenoxy) is 2. The van der Waals surface area contributed by atoms with Crippen LogP contribution in [0.4, 0.5) is 11.4 Å². The van der Waals surface area contributed by atoms with Crippen LogP contribution in [0.25, 0.3) is 0 Å². The van der Waals surface area contributed by atoms with Gasteiger partial charge in [0.1, 0.15) is 17.3 Å². The Morgan fingerprint density at radius 2 is 0.991 bits per heavy atom. The second-order valence-corrected chi connectivity index (χ2v) is 41.3. The predicted octanol–water partition coefficient (Wildman–Crippen LogP) is 9.97. The van der Waals surface area contributed by atoms with E-state index < -0.39 is 53.6 Å². The number of hydrogen-bond acceptors (Lipinski definition) is 19. The van der Waals surface area contributed by atoms with Gasteiger partial charge in [-0.05, 0) is 235 Å². The molecule has 12 aliphatic rings. The average molecular weight is 1630 g/mol. The first kappa shape index (κ1) is 82.2. The van der Waals surface area contributed by atoms with Crippen LogP contribution in [-0.4, -0.2) is 251 Å². The molecule has 4 aliphatic carbocycles. The van der Waals surface area contributed by atoms with Crippen LogP contribution in [-0.2, 0) is 53.3 Å². The molecule has 14 atom stereocenters. The van der Waals surface area contributed by atoms with Gasteiger partial charge in [-0.3, -0.25) is 38.8 Å². The van der Waals surface area contributed by atoms with E-state index in [9.17, 15) is 46.2 Å². The predicted molar refractivity (Wildman–Crippen MR) is 443 cm³/mol. The highest BCUT2D eigenvalue weighted by molar-refractivity contribution is 7.91. The Hall–Kier alpha value is -5.90.